The van der Waals surface area contributed by atoms with E-state index in [9.17, 15) is 9.59 Å². The first-order valence-electron chi connectivity index (χ1n) is 11.7. The molecule has 7 nitrogen and oxygen atoms in total. The Morgan fingerprint density at radius 2 is 1.85 bits per heavy atom. The van der Waals surface area contributed by atoms with E-state index in [0.717, 1.165) is 17.8 Å². The van der Waals surface area contributed by atoms with Crippen molar-refractivity contribution in [3.05, 3.63) is 68.7 Å². The Hall–Kier alpha value is -3.26. The van der Waals surface area contributed by atoms with E-state index in [1.807, 2.05) is 56.0 Å². The van der Waals surface area contributed by atoms with E-state index >= 15 is 0 Å². The molecule has 0 aliphatic carbocycles. The SMILES string of the molecule is CCC(C)NC(=O)Cc1csc2nc(C)c(-c3cc(C)n(-c4ccc(C(C)C)cc4)n3)c(=O)n12. The molecule has 0 radical (unpaired) electrons. The number of amides is 1. The second-order valence-corrected chi connectivity index (χ2v) is 9.94. The lowest BCUT2D eigenvalue weighted by Gasteiger charge is -2.11. The van der Waals surface area contributed by atoms with Crippen molar-refractivity contribution in [2.75, 3.05) is 0 Å². The quantitative estimate of drug-likeness (QED) is 0.414. The number of aryl methyl sites for hydroxylation is 2. The number of rotatable bonds is 7. The highest BCUT2D eigenvalue weighted by Crippen LogP contribution is 2.24. The van der Waals surface area contributed by atoms with E-state index in [2.05, 4.69) is 36.3 Å². The van der Waals surface area contributed by atoms with E-state index in [-0.39, 0.29) is 23.9 Å². The summed E-state index contributed by atoms with van der Waals surface area (Å²) in [5, 5.41) is 9.57. The number of fused-ring (bicyclic) bond motifs is 1. The van der Waals surface area contributed by atoms with Gasteiger partial charge in [0.25, 0.3) is 5.56 Å². The molecule has 178 valence electrons. The van der Waals surface area contributed by atoms with Gasteiger partial charge in [-0.25, -0.2) is 9.67 Å². The van der Waals surface area contributed by atoms with Crippen molar-refractivity contribution in [1.82, 2.24) is 24.5 Å². The third-order valence-electron chi connectivity index (χ3n) is 6.13. The monoisotopic (exact) mass is 477 g/mol. The van der Waals surface area contributed by atoms with Crippen LogP contribution >= 0.6 is 11.3 Å². The van der Waals surface area contributed by atoms with Gasteiger partial charge in [0.2, 0.25) is 5.91 Å². The minimum absolute atomic E-state index is 0.0894. The molecule has 3 aromatic heterocycles. The van der Waals surface area contributed by atoms with Crippen LogP contribution < -0.4 is 10.9 Å². The lowest BCUT2D eigenvalue weighted by Crippen LogP contribution is -2.34. The highest BCUT2D eigenvalue weighted by Gasteiger charge is 2.20. The smallest absolute Gasteiger partial charge is 0.268 e. The lowest BCUT2D eigenvalue weighted by atomic mass is 10.0. The molecule has 4 rings (SSSR count). The molecule has 1 amide bonds. The molecule has 1 unspecified atom stereocenters. The maximum absolute atomic E-state index is 13.6. The zero-order chi connectivity index (χ0) is 24.6. The normalized spacial score (nSPS) is 12.4. The summed E-state index contributed by atoms with van der Waals surface area (Å²) in [5.41, 5.74) is 5.24. The number of aromatic nitrogens is 4. The van der Waals surface area contributed by atoms with Crippen molar-refractivity contribution in [3.63, 3.8) is 0 Å². The first-order chi connectivity index (χ1) is 16.2. The third kappa shape index (κ3) is 4.55. The minimum Gasteiger partial charge on any atom is -0.353 e. The fraction of sp³-hybridized carbons (Fsp3) is 0.385. The van der Waals surface area contributed by atoms with Crippen LogP contribution in [0, 0.1) is 13.8 Å². The molecular weight excluding hydrogens is 446 g/mol. The van der Waals surface area contributed by atoms with Crippen molar-refractivity contribution in [3.8, 4) is 16.9 Å². The Bertz CT molecular complexity index is 1400. The van der Waals surface area contributed by atoms with E-state index in [0.29, 0.717) is 33.5 Å². The number of carbonyl (C=O) groups is 1. The van der Waals surface area contributed by atoms with Crippen LogP contribution in [-0.2, 0) is 11.2 Å². The first kappa shape index (κ1) is 23.9. The molecule has 0 fully saturated rings. The zero-order valence-corrected chi connectivity index (χ0v) is 21.4. The molecular formula is C26H31N5O2S. The molecule has 0 saturated carbocycles. The molecule has 8 heteroatoms. The predicted molar refractivity (Wildman–Crippen MR) is 137 cm³/mol. The fourth-order valence-electron chi connectivity index (χ4n) is 3.98. The van der Waals surface area contributed by atoms with Crippen molar-refractivity contribution in [2.45, 2.75) is 66.3 Å². The lowest BCUT2D eigenvalue weighted by molar-refractivity contribution is -0.121. The molecule has 34 heavy (non-hydrogen) atoms. The molecule has 0 aliphatic rings. The van der Waals surface area contributed by atoms with Crippen molar-refractivity contribution < 1.29 is 4.79 Å². The van der Waals surface area contributed by atoms with Crippen LogP contribution in [0.3, 0.4) is 0 Å². The third-order valence-corrected chi connectivity index (χ3v) is 7.00. The van der Waals surface area contributed by atoms with E-state index in [1.54, 1.807) is 4.40 Å². The fourth-order valence-corrected chi connectivity index (χ4v) is 4.90. The van der Waals surface area contributed by atoms with Gasteiger partial charge in [-0.15, -0.1) is 11.3 Å². The van der Waals surface area contributed by atoms with Crippen LogP contribution in [0.15, 0.2) is 40.5 Å². The van der Waals surface area contributed by atoms with E-state index in [4.69, 9.17) is 5.10 Å². The van der Waals surface area contributed by atoms with Gasteiger partial charge >= 0.3 is 0 Å². The maximum atomic E-state index is 13.6. The Labute approximate surface area is 203 Å². The number of nitrogens with one attached hydrogen (secondary N) is 1. The molecule has 0 spiro atoms. The van der Waals surface area contributed by atoms with E-state index < -0.39 is 0 Å². The number of hydrogen-bond donors (Lipinski definition) is 1. The van der Waals surface area contributed by atoms with E-state index in [1.165, 1.54) is 16.9 Å². The van der Waals surface area contributed by atoms with Crippen LogP contribution in [0.5, 0.6) is 0 Å². The van der Waals surface area contributed by atoms with Crippen LogP contribution in [-0.4, -0.2) is 31.1 Å². The molecule has 0 bridgehead atoms. The average molecular weight is 478 g/mol. The summed E-state index contributed by atoms with van der Waals surface area (Å²) in [7, 11) is 0. The molecule has 0 saturated heterocycles. The Balaban J connectivity index is 1.74. The van der Waals surface area contributed by atoms with Crippen LogP contribution in [0.1, 0.15) is 62.7 Å². The van der Waals surface area contributed by atoms with Gasteiger partial charge in [-0.2, -0.15) is 5.10 Å². The zero-order valence-electron chi connectivity index (χ0n) is 20.5. The Morgan fingerprint density at radius 1 is 1.15 bits per heavy atom. The molecule has 0 aliphatic heterocycles. The van der Waals surface area contributed by atoms with Crippen molar-refractivity contribution in [2.24, 2.45) is 0 Å². The summed E-state index contributed by atoms with van der Waals surface area (Å²) in [6, 6.07) is 10.3. The highest BCUT2D eigenvalue weighted by atomic mass is 32.1. The van der Waals surface area contributed by atoms with Gasteiger partial charge in [-0.3, -0.25) is 14.0 Å². The maximum Gasteiger partial charge on any atom is 0.268 e. The summed E-state index contributed by atoms with van der Waals surface area (Å²) in [6.45, 7) is 12.1. The summed E-state index contributed by atoms with van der Waals surface area (Å²) in [4.78, 5) is 31.3. The number of benzene rings is 1. The number of thiazole rings is 1. The second kappa shape index (κ2) is 9.54. The highest BCUT2D eigenvalue weighted by molar-refractivity contribution is 7.15. The predicted octanol–water partition coefficient (Wildman–Crippen LogP) is 4.81. The molecule has 1 aromatic carbocycles. The number of nitrogens with zero attached hydrogens (tertiary/aromatic N) is 4. The molecule has 4 aromatic rings. The number of hydrogen-bond acceptors (Lipinski definition) is 5. The summed E-state index contributed by atoms with van der Waals surface area (Å²) < 4.78 is 3.40. The average Bonchev–Trinajstić information content (AvgIpc) is 3.36. The van der Waals surface area contributed by atoms with Gasteiger partial charge in [-0.05, 0) is 56.9 Å². The van der Waals surface area contributed by atoms with Gasteiger partial charge in [0.05, 0.1) is 23.4 Å². The van der Waals surface area contributed by atoms with Crippen molar-refractivity contribution >= 4 is 22.2 Å². The number of carbonyl (C=O) groups excluding carboxylic acids is 1. The van der Waals surface area contributed by atoms with Crippen LogP contribution in [0.25, 0.3) is 21.9 Å². The minimum atomic E-state index is -0.199. The van der Waals surface area contributed by atoms with Gasteiger partial charge in [0, 0.05) is 22.8 Å². The molecule has 1 atom stereocenters. The van der Waals surface area contributed by atoms with Crippen LogP contribution in [0.4, 0.5) is 0 Å². The van der Waals surface area contributed by atoms with Gasteiger partial charge in [0.1, 0.15) is 5.69 Å². The van der Waals surface area contributed by atoms with Gasteiger partial charge in [-0.1, -0.05) is 32.9 Å². The summed E-state index contributed by atoms with van der Waals surface area (Å²) >= 11 is 1.37. The van der Waals surface area contributed by atoms with Crippen molar-refractivity contribution in [1.29, 1.82) is 0 Å². The summed E-state index contributed by atoms with van der Waals surface area (Å²) in [6.07, 6.45) is 0.979. The Morgan fingerprint density at radius 3 is 2.50 bits per heavy atom. The summed E-state index contributed by atoms with van der Waals surface area (Å²) in [5.74, 6) is 0.351. The Kier molecular flexibility index (Phi) is 6.70. The van der Waals surface area contributed by atoms with Gasteiger partial charge < -0.3 is 5.32 Å². The van der Waals surface area contributed by atoms with Gasteiger partial charge in [0.15, 0.2) is 4.96 Å². The first-order valence-corrected chi connectivity index (χ1v) is 12.5. The second-order valence-electron chi connectivity index (χ2n) is 9.10. The standard InChI is InChI=1S/C26H31N5O2S/c1-7-16(4)27-23(32)13-21-14-34-26-28-18(6)24(25(33)30(21)26)22-12-17(5)31(29-22)20-10-8-19(9-11-20)15(2)3/h8-12,14-16H,7,13H2,1-6H3,(H,27,32). The molecule has 1 N–H and O–H groups in total. The van der Waals surface area contributed by atoms with Crippen LogP contribution in [0.2, 0.25) is 0 Å². The molecule has 3 heterocycles. The topological polar surface area (TPSA) is 81.3 Å². The largest absolute Gasteiger partial charge is 0.353 e.